The second-order valence-electron chi connectivity index (χ2n) is 12.8. The van der Waals surface area contributed by atoms with Crippen molar-refractivity contribution in [1.82, 2.24) is 0 Å². The van der Waals surface area contributed by atoms with Crippen LogP contribution in [-0.4, -0.2) is 35.7 Å². The van der Waals surface area contributed by atoms with E-state index >= 15 is 0 Å². The molecule has 7 N–H and O–H groups in total. The Balaban J connectivity index is 1.37. The van der Waals surface area contributed by atoms with Crippen LogP contribution in [0.3, 0.4) is 0 Å². The highest BCUT2D eigenvalue weighted by Gasteiger charge is 2.46. The van der Waals surface area contributed by atoms with Gasteiger partial charge in [0.05, 0.1) is 11.8 Å². The lowest BCUT2D eigenvalue weighted by Gasteiger charge is -2.26. The van der Waals surface area contributed by atoms with E-state index in [1.54, 1.807) is 103 Å². The van der Waals surface area contributed by atoms with Gasteiger partial charge in [-0.15, -0.1) is 0 Å². The van der Waals surface area contributed by atoms with Gasteiger partial charge in [0.25, 0.3) is 0 Å². The molecule has 0 radical (unpaired) electrons. The highest BCUT2D eigenvalue weighted by molar-refractivity contribution is 5.76. The minimum Gasteiger partial charge on any atom is -0.508 e. The summed E-state index contributed by atoms with van der Waals surface area (Å²) < 4.78 is 13.3. The summed E-state index contributed by atoms with van der Waals surface area (Å²) in [4.78, 5) is 0. The number of hydrogen-bond acceptors (Lipinski definition) is 9. The fourth-order valence-corrected chi connectivity index (χ4v) is 7.31. The van der Waals surface area contributed by atoms with Crippen molar-refractivity contribution in [3.05, 3.63) is 160 Å². The molecule has 0 aliphatic carbocycles. The maximum absolute atomic E-state index is 11.3. The third kappa shape index (κ3) is 5.84. The molecule has 2 heterocycles. The van der Waals surface area contributed by atoms with E-state index in [4.69, 9.17) is 9.47 Å². The monoisotopic (exact) mass is 680 g/mol. The predicted octanol–water partition coefficient (Wildman–Crippen LogP) is 8.33. The van der Waals surface area contributed by atoms with Gasteiger partial charge < -0.3 is 45.2 Å². The van der Waals surface area contributed by atoms with Gasteiger partial charge in [0.1, 0.15) is 64.0 Å². The van der Waals surface area contributed by atoms with Crippen molar-refractivity contribution in [2.24, 2.45) is 0 Å². The molecule has 0 saturated carbocycles. The van der Waals surface area contributed by atoms with Crippen molar-refractivity contribution >= 4 is 12.2 Å². The van der Waals surface area contributed by atoms with E-state index < -0.39 is 24.0 Å². The van der Waals surface area contributed by atoms with Crippen LogP contribution in [0.25, 0.3) is 12.2 Å². The first-order valence-electron chi connectivity index (χ1n) is 16.3. The number of rotatable bonds is 6. The summed E-state index contributed by atoms with van der Waals surface area (Å²) in [5.74, 6) is -0.504. The van der Waals surface area contributed by atoms with Gasteiger partial charge in [-0.25, -0.2) is 0 Å². The van der Waals surface area contributed by atoms with Crippen LogP contribution >= 0.6 is 0 Å². The van der Waals surface area contributed by atoms with Crippen LogP contribution in [0.1, 0.15) is 68.6 Å². The van der Waals surface area contributed by atoms with Gasteiger partial charge in [0, 0.05) is 29.3 Å². The van der Waals surface area contributed by atoms with Gasteiger partial charge in [-0.3, -0.25) is 0 Å². The SMILES string of the molecule is Oc1ccc(/C=C/c2cc(O)cc3c2[C@H](c2cc(O)cc4c2[C@@H](c2cc(O)cc(O)c2)[C@@H](c2ccc(O)cc2)O4)[C@H](c2ccc(O)cc2)O3)cc1. The molecule has 51 heavy (non-hydrogen) atoms. The first kappa shape index (κ1) is 31.5. The summed E-state index contributed by atoms with van der Waals surface area (Å²) in [5.41, 5.74) is 5.48. The maximum Gasteiger partial charge on any atom is 0.135 e. The van der Waals surface area contributed by atoms with Crippen molar-refractivity contribution < 1.29 is 45.2 Å². The molecule has 8 rings (SSSR count). The Bertz CT molecular complexity index is 2270. The first-order valence-corrected chi connectivity index (χ1v) is 16.3. The van der Waals surface area contributed by atoms with Crippen LogP contribution < -0.4 is 9.47 Å². The number of fused-ring (bicyclic) bond motifs is 2. The molecule has 4 atom stereocenters. The van der Waals surface area contributed by atoms with Crippen LogP contribution in [0.15, 0.2) is 115 Å². The number of hydrogen-bond donors (Lipinski definition) is 7. The zero-order valence-corrected chi connectivity index (χ0v) is 26.9. The van der Waals surface area contributed by atoms with Gasteiger partial charge in [-0.2, -0.15) is 0 Å². The van der Waals surface area contributed by atoms with Gasteiger partial charge in [-0.1, -0.05) is 48.6 Å². The quantitative estimate of drug-likeness (QED) is 0.0858. The molecular weight excluding hydrogens is 648 g/mol. The summed E-state index contributed by atoms with van der Waals surface area (Å²) in [5, 5.41) is 73.4. The minimum absolute atomic E-state index is 0.0193. The van der Waals surface area contributed by atoms with Crippen molar-refractivity contribution in [3.63, 3.8) is 0 Å². The molecule has 254 valence electrons. The fraction of sp³-hybridized carbons (Fsp3) is 0.0952. The number of aromatic hydroxyl groups is 7. The molecule has 9 nitrogen and oxygen atoms in total. The Morgan fingerprint density at radius 3 is 1.43 bits per heavy atom. The molecule has 2 aliphatic rings. The van der Waals surface area contributed by atoms with E-state index in [-0.39, 0.29) is 40.2 Å². The molecule has 9 heteroatoms. The predicted molar refractivity (Wildman–Crippen MR) is 190 cm³/mol. The summed E-state index contributed by atoms with van der Waals surface area (Å²) in [6.45, 7) is 0. The Kier molecular flexibility index (Phi) is 7.60. The van der Waals surface area contributed by atoms with Crippen LogP contribution in [0.5, 0.6) is 51.7 Å². The molecule has 0 fully saturated rings. The van der Waals surface area contributed by atoms with E-state index in [1.165, 1.54) is 12.1 Å². The molecule has 0 aromatic heterocycles. The van der Waals surface area contributed by atoms with Crippen LogP contribution in [0, 0.1) is 0 Å². The topological polar surface area (TPSA) is 160 Å². The van der Waals surface area contributed by atoms with E-state index in [1.807, 2.05) is 12.2 Å². The Morgan fingerprint density at radius 2 is 0.863 bits per heavy atom. The highest BCUT2D eigenvalue weighted by atomic mass is 16.5. The third-order valence-corrected chi connectivity index (χ3v) is 9.46. The highest BCUT2D eigenvalue weighted by Crippen LogP contribution is 2.59. The van der Waals surface area contributed by atoms with Crippen molar-refractivity contribution in [2.75, 3.05) is 0 Å². The fourth-order valence-electron chi connectivity index (χ4n) is 7.31. The Hall–Kier alpha value is -6.74. The summed E-state index contributed by atoms with van der Waals surface area (Å²) >= 11 is 0. The van der Waals surface area contributed by atoms with Crippen molar-refractivity contribution in [1.29, 1.82) is 0 Å². The normalized spacial score (nSPS) is 19.0. The standard InChI is InChI=1S/C42H32O9/c43-27-9-2-22(3-10-27)1-4-25-15-32(48)20-35-37(25)40(42(50-35)24-7-13-29(45)14-8-24)34-19-33(49)21-36-39(34)38(26-16-30(46)18-31(47)17-26)41(51-36)23-5-11-28(44)12-6-23/h1-21,38,40-49H/b4-1+/t38-,40+,41-,42+/m1/s1. The summed E-state index contributed by atoms with van der Waals surface area (Å²) in [7, 11) is 0. The molecular formula is C42H32O9. The molecule has 0 saturated heterocycles. The lowest BCUT2D eigenvalue weighted by atomic mass is 9.75. The van der Waals surface area contributed by atoms with Crippen molar-refractivity contribution in [3.8, 4) is 51.7 Å². The van der Waals surface area contributed by atoms with Crippen LogP contribution in [-0.2, 0) is 0 Å². The zero-order chi connectivity index (χ0) is 35.4. The number of benzene rings is 6. The largest absolute Gasteiger partial charge is 0.508 e. The van der Waals surface area contributed by atoms with Gasteiger partial charge in [-0.05, 0) is 94.0 Å². The minimum atomic E-state index is -0.694. The number of phenols is 7. The average Bonchev–Trinajstić information content (AvgIpc) is 3.67. The molecule has 0 bridgehead atoms. The average molecular weight is 681 g/mol. The molecule has 6 aromatic rings. The molecule has 0 amide bonds. The number of phenolic OH excluding ortho intramolecular Hbond substituents is 7. The summed E-state index contributed by atoms with van der Waals surface area (Å²) in [6.07, 6.45) is 2.32. The molecule has 0 unspecified atom stereocenters. The van der Waals surface area contributed by atoms with Gasteiger partial charge in [0.2, 0.25) is 0 Å². The smallest absolute Gasteiger partial charge is 0.135 e. The first-order chi connectivity index (χ1) is 24.6. The van der Waals surface area contributed by atoms with E-state index in [2.05, 4.69) is 0 Å². The van der Waals surface area contributed by atoms with Crippen LogP contribution in [0.2, 0.25) is 0 Å². The molecule has 0 spiro atoms. The molecule has 2 aliphatic heterocycles. The van der Waals surface area contributed by atoms with E-state index in [0.717, 1.165) is 16.7 Å². The second kappa shape index (κ2) is 12.3. The maximum atomic E-state index is 11.3. The third-order valence-electron chi connectivity index (χ3n) is 9.46. The Labute approximate surface area is 292 Å². The van der Waals surface area contributed by atoms with Gasteiger partial charge in [0.15, 0.2) is 0 Å². The Morgan fingerprint density at radius 1 is 0.392 bits per heavy atom. The van der Waals surface area contributed by atoms with E-state index in [0.29, 0.717) is 39.3 Å². The number of ether oxygens (including phenoxy) is 2. The van der Waals surface area contributed by atoms with Gasteiger partial charge >= 0.3 is 0 Å². The zero-order valence-electron chi connectivity index (χ0n) is 26.9. The van der Waals surface area contributed by atoms with Crippen LogP contribution in [0.4, 0.5) is 0 Å². The second-order valence-corrected chi connectivity index (χ2v) is 12.8. The lowest BCUT2D eigenvalue weighted by Crippen LogP contribution is -2.16. The summed E-state index contributed by atoms with van der Waals surface area (Å²) in [6, 6.07) is 30.7. The van der Waals surface area contributed by atoms with E-state index in [9.17, 15) is 35.7 Å². The molecule has 6 aromatic carbocycles. The van der Waals surface area contributed by atoms with Crippen molar-refractivity contribution in [2.45, 2.75) is 24.0 Å². The lowest BCUT2D eigenvalue weighted by molar-refractivity contribution is 0.219.